The lowest BCUT2D eigenvalue weighted by Crippen LogP contribution is -2.49. The standard InChI is InChI=1S/C10H16N4O4/c1-6-7(14(17)18)8(13(5)11-6)12(4)10(2,3)9(15)16/h1-5H3,(H,15,16). The van der Waals surface area contributed by atoms with Crippen molar-refractivity contribution < 1.29 is 14.8 Å². The number of nitro groups is 1. The van der Waals surface area contributed by atoms with E-state index >= 15 is 0 Å². The molecule has 0 spiro atoms. The maximum Gasteiger partial charge on any atom is 0.333 e. The van der Waals surface area contributed by atoms with Crippen LogP contribution in [0.3, 0.4) is 0 Å². The fraction of sp³-hybridized carbons (Fsp3) is 0.600. The largest absolute Gasteiger partial charge is 0.480 e. The summed E-state index contributed by atoms with van der Waals surface area (Å²) in [5, 5.41) is 24.2. The minimum absolute atomic E-state index is 0.171. The molecule has 1 N–H and O–H groups in total. The van der Waals surface area contributed by atoms with E-state index in [4.69, 9.17) is 5.11 Å². The van der Waals surface area contributed by atoms with Crippen LogP contribution in [0.15, 0.2) is 0 Å². The highest BCUT2D eigenvalue weighted by atomic mass is 16.6. The fourth-order valence-corrected chi connectivity index (χ4v) is 1.63. The second kappa shape index (κ2) is 4.28. The summed E-state index contributed by atoms with van der Waals surface area (Å²) in [7, 11) is 3.04. The molecular weight excluding hydrogens is 240 g/mol. The number of anilines is 1. The number of carboxylic acids is 1. The molecule has 1 heterocycles. The summed E-state index contributed by atoms with van der Waals surface area (Å²) in [4.78, 5) is 23.0. The lowest BCUT2D eigenvalue weighted by Gasteiger charge is -2.32. The molecule has 0 aliphatic heterocycles. The number of hydrogen-bond acceptors (Lipinski definition) is 5. The number of aromatic nitrogens is 2. The van der Waals surface area contributed by atoms with E-state index in [1.807, 2.05) is 0 Å². The van der Waals surface area contributed by atoms with E-state index in [-0.39, 0.29) is 17.2 Å². The third-order valence-electron chi connectivity index (χ3n) is 3.02. The molecule has 0 unspecified atom stereocenters. The van der Waals surface area contributed by atoms with Gasteiger partial charge in [0, 0.05) is 14.1 Å². The van der Waals surface area contributed by atoms with Crippen molar-refractivity contribution in [2.75, 3.05) is 11.9 Å². The van der Waals surface area contributed by atoms with Crippen LogP contribution in [0.2, 0.25) is 0 Å². The molecule has 0 amide bonds. The molecule has 100 valence electrons. The Balaban J connectivity index is 3.42. The van der Waals surface area contributed by atoms with Gasteiger partial charge < -0.3 is 10.0 Å². The van der Waals surface area contributed by atoms with Gasteiger partial charge >= 0.3 is 11.7 Å². The number of carbonyl (C=O) groups is 1. The van der Waals surface area contributed by atoms with Gasteiger partial charge in [0.2, 0.25) is 5.82 Å². The Morgan fingerprint density at radius 3 is 2.44 bits per heavy atom. The zero-order chi connectivity index (χ0) is 14.2. The van der Waals surface area contributed by atoms with E-state index in [0.717, 1.165) is 0 Å². The van der Waals surface area contributed by atoms with Gasteiger partial charge in [-0.2, -0.15) is 5.10 Å². The van der Waals surface area contributed by atoms with Crippen LogP contribution < -0.4 is 4.90 Å². The molecule has 18 heavy (non-hydrogen) atoms. The van der Waals surface area contributed by atoms with Crippen LogP contribution >= 0.6 is 0 Å². The smallest absolute Gasteiger partial charge is 0.333 e. The van der Waals surface area contributed by atoms with Crippen LogP contribution in [0.25, 0.3) is 0 Å². The molecule has 1 aromatic rings. The molecule has 0 atom stereocenters. The van der Waals surface area contributed by atoms with Gasteiger partial charge in [-0.05, 0) is 20.8 Å². The summed E-state index contributed by atoms with van der Waals surface area (Å²) in [6.45, 7) is 4.46. The van der Waals surface area contributed by atoms with Crippen LogP contribution in [-0.4, -0.2) is 38.4 Å². The minimum atomic E-state index is -1.27. The third-order valence-corrected chi connectivity index (χ3v) is 3.02. The van der Waals surface area contributed by atoms with Gasteiger partial charge in [-0.15, -0.1) is 0 Å². The van der Waals surface area contributed by atoms with Crippen molar-refractivity contribution in [2.45, 2.75) is 26.3 Å². The summed E-state index contributed by atoms with van der Waals surface area (Å²) in [6.07, 6.45) is 0. The number of aliphatic carboxylic acids is 1. The first kappa shape index (κ1) is 13.9. The van der Waals surface area contributed by atoms with Crippen LogP contribution in [0.5, 0.6) is 0 Å². The average Bonchev–Trinajstić information content (AvgIpc) is 2.51. The first-order valence-electron chi connectivity index (χ1n) is 5.26. The summed E-state index contributed by atoms with van der Waals surface area (Å²) < 4.78 is 1.32. The van der Waals surface area contributed by atoms with Gasteiger partial charge in [-0.3, -0.25) is 10.1 Å². The Morgan fingerprint density at radius 2 is 2.06 bits per heavy atom. The Kier molecular flexibility index (Phi) is 3.32. The van der Waals surface area contributed by atoms with Crippen molar-refractivity contribution in [3.63, 3.8) is 0 Å². The van der Waals surface area contributed by atoms with Gasteiger partial charge in [0.1, 0.15) is 11.2 Å². The topological polar surface area (TPSA) is 102 Å². The molecule has 1 rings (SSSR count). The predicted molar refractivity (Wildman–Crippen MR) is 64.7 cm³/mol. The van der Waals surface area contributed by atoms with E-state index in [9.17, 15) is 14.9 Å². The molecule has 0 saturated carbocycles. The third kappa shape index (κ3) is 2.01. The van der Waals surface area contributed by atoms with E-state index in [0.29, 0.717) is 0 Å². The van der Waals surface area contributed by atoms with Gasteiger partial charge in [0.25, 0.3) is 0 Å². The highest BCUT2D eigenvalue weighted by molar-refractivity contribution is 5.83. The van der Waals surface area contributed by atoms with Crippen LogP contribution in [0, 0.1) is 17.0 Å². The highest BCUT2D eigenvalue weighted by Gasteiger charge is 2.38. The number of rotatable bonds is 4. The maximum absolute atomic E-state index is 11.2. The Bertz CT molecular complexity index is 506. The molecule has 0 fully saturated rings. The molecule has 8 heteroatoms. The lowest BCUT2D eigenvalue weighted by atomic mass is 10.0. The Morgan fingerprint density at radius 1 is 1.56 bits per heavy atom. The van der Waals surface area contributed by atoms with Gasteiger partial charge in [0.05, 0.1) is 4.92 Å². The van der Waals surface area contributed by atoms with Crippen molar-refractivity contribution in [1.29, 1.82) is 0 Å². The number of likely N-dealkylation sites (N-methyl/N-ethyl adjacent to an activating group) is 1. The molecule has 0 bridgehead atoms. The second-order valence-electron chi connectivity index (χ2n) is 4.56. The summed E-state index contributed by atoms with van der Waals surface area (Å²) in [5.41, 5.74) is -1.19. The van der Waals surface area contributed by atoms with E-state index in [1.165, 1.54) is 37.4 Å². The van der Waals surface area contributed by atoms with Crippen LogP contribution in [0.4, 0.5) is 11.5 Å². The molecule has 8 nitrogen and oxygen atoms in total. The predicted octanol–water partition coefficient (Wildman–Crippen LogP) is 0.936. The number of carboxylic acid groups (broad SMARTS) is 1. The van der Waals surface area contributed by atoms with Crippen molar-refractivity contribution in [1.82, 2.24) is 9.78 Å². The molecule has 0 saturated heterocycles. The lowest BCUT2D eigenvalue weighted by molar-refractivity contribution is -0.384. The molecule has 1 aromatic heterocycles. The van der Waals surface area contributed by atoms with Crippen molar-refractivity contribution in [2.24, 2.45) is 7.05 Å². The monoisotopic (exact) mass is 256 g/mol. The maximum atomic E-state index is 11.2. The molecular formula is C10H16N4O4. The molecule has 0 aromatic carbocycles. The van der Waals surface area contributed by atoms with Gasteiger partial charge in [-0.25, -0.2) is 9.48 Å². The average molecular weight is 256 g/mol. The molecule has 0 radical (unpaired) electrons. The second-order valence-corrected chi connectivity index (χ2v) is 4.56. The van der Waals surface area contributed by atoms with Crippen LogP contribution in [-0.2, 0) is 11.8 Å². The summed E-state index contributed by atoms with van der Waals surface area (Å²) in [6, 6.07) is 0. The van der Waals surface area contributed by atoms with Crippen LogP contribution in [0.1, 0.15) is 19.5 Å². The normalized spacial score (nSPS) is 11.4. The van der Waals surface area contributed by atoms with Gasteiger partial charge in [0.15, 0.2) is 0 Å². The summed E-state index contributed by atoms with van der Waals surface area (Å²) >= 11 is 0. The highest BCUT2D eigenvalue weighted by Crippen LogP contribution is 2.33. The number of hydrogen-bond donors (Lipinski definition) is 1. The zero-order valence-corrected chi connectivity index (χ0v) is 11.0. The zero-order valence-electron chi connectivity index (χ0n) is 11.0. The first-order chi connectivity index (χ1) is 8.10. The first-order valence-corrected chi connectivity index (χ1v) is 5.26. The SMILES string of the molecule is Cc1nn(C)c(N(C)C(C)(C)C(=O)O)c1[N+](=O)[O-]. The number of nitrogens with zero attached hydrogens (tertiary/aromatic N) is 4. The van der Waals surface area contributed by atoms with Gasteiger partial charge in [-0.1, -0.05) is 0 Å². The molecule has 0 aliphatic carbocycles. The Labute approximate surface area is 104 Å². The van der Waals surface area contributed by atoms with E-state index < -0.39 is 16.4 Å². The quantitative estimate of drug-likeness (QED) is 0.635. The van der Waals surface area contributed by atoms with Crippen molar-refractivity contribution >= 4 is 17.5 Å². The van der Waals surface area contributed by atoms with E-state index in [1.54, 1.807) is 7.05 Å². The summed E-state index contributed by atoms with van der Waals surface area (Å²) in [5.74, 6) is -0.900. The van der Waals surface area contributed by atoms with E-state index in [2.05, 4.69) is 5.10 Å². The van der Waals surface area contributed by atoms with Crippen molar-refractivity contribution in [3.8, 4) is 0 Å². The fourth-order valence-electron chi connectivity index (χ4n) is 1.63. The molecule has 0 aliphatic rings. The minimum Gasteiger partial charge on any atom is -0.480 e. The number of aryl methyl sites for hydroxylation is 2. The van der Waals surface area contributed by atoms with Crippen molar-refractivity contribution in [3.05, 3.63) is 15.8 Å². The Hall–Kier alpha value is -2.12.